The van der Waals surface area contributed by atoms with Crippen LogP contribution in [0.5, 0.6) is 5.88 Å². The molecular formula is C16H21N5O2S. The number of piperazine rings is 1. The molecule has 1 aliphatic rings. The van der Waals surface area contributed by atoms with Gasteiger partial charge in [0.2, 0.25) is 5.88 Å². The first-order valence-corrected chi connectivity index (χ1v) is 8.80. The number of rotatable bonds is 4. The van der Waals surface area contributed by atoms with Gasteiger partial charge in [0.15, 0.2) is 0 Å². The lowest BCUT2D eigenvalue weighted by Crippen LogP contribution is -2.50. The molecule has 0 spiro atoms. The predicted molar refractivity (Wildman–Crippen MR) is 93.5 cm³/mol. The first-order chi connectivity index (χ1) is 11.7. The molecule has 3 rings (SSSR count). The minimum atomic E-state index is -0.140. The molecule has 2 amide bonds. The number of aromatic nitrogens is 2. The van der Waals surface area contributed by atoms with Gasteiger partial charge in [-0.3, -0.25) is 10.2 Å². The van der Waals surface area contributed by atoms with Crippen LogP contribution in [0.3, 0.4) is 0 Å². The van der Waals surface area contributed by atoms with Gasteiger partial charge in [-0.15, -0.1) is 0 Å². The van der Waals surface area contributed by atoms with Gasteiger partial charge in [-0.05, 0) is 29.3 Å². The zero-order chi connectivity index (χ0) is 16.9. The molecule has 1 N–H and O–H groups in total. The average molecular weight is 347 g/mol. The number of carbonyl (C=O) groups is 1. The first kappa shape index (κ1) is 16.7. The molecule has 0 radical (unpaired) electrons. The molecule has 8 heteroatoms. The molecule has 1 fully saturated rings. The van der Waals surface area contributed by atoms with Gasteiger partial charge in [0, 0.05) is 38.3 Å². The molecule has 128 valence electrons. The number of hydrogen-bond donors (Lipinski definition) is 1. The quantitative estimate of drug-likeness (QED) is 0.920. The van der Waals surface area contributed by atoms with Crippen molar-refractivity contribution in [3.05, 3.63) is 34.8 Å². The number of amides is 2. The lowest BCUT2D eigenvalue weighted by atomic mass is 10.1. The van der Waals surface area contributed by atoms with Crippen LogP contribution in [-0.4, -0.2) is 59.1 Å². The van der Waals surface area contributed by atoms with E-state index in [1.807, 2.05) is 4.90 Å². The van der Waals surface area contributed by atoms with Gasteiger partial charge >= 0.3 is 6.03 Å². The van der Waals surface area contributed by atoms with E-state index in [1.165, 1.54) is 19.0 Å². The number of anilines is 1. The third-order valence-corrected chi connectivity index (χ3v) is 4.96. The third kappa shape index (κ3) is 3.82. The summed E-state index contributed by atoms with van der Waals surface area (Å²) in [6.45, 7) is 5.32. The van der Waals surface area contributed by atoms with Crippen molar-refractivity contribution in [2.24, 2.45) is 0 Å². The van der Waals surface area contributed by atoms with E-state index in [2.05, 4.69) is 43.9 Å². The number of nitrogens with zero attached hydrogens (tertiary/aromatic N) is 4. The molecule has 7 nitrogen and oxygen atoms in total. The fourth-order valence-electron chi connectivity index (χ4n) is 2.74. The number of nitrogens with one attached hydrogen (secondary N) is 1. The van der Waals surface area contributed by atoms with E-state index >= 15 is 0 Å². The van der Waals surface area contributed by atoms with Crippen LogP contribution in [0.4, 0.5) is 10.6 Å². The van der Waals surface area contributed by atoms with E-state index in [1.54, 1.807) is 17.4 Å². The minimum Gasteiger partial charge on any atom is -0.481 e. The molecule has 1 saturated heterocycles. The molecule has 2 aromatic heterocycles. The Kier molecular flexibility index (Phi) is 5.27. The van der Waals surface area contributed by atoms with E-state index in [4.69, 9.17) is 4.74 Å². The van der Waals surface area contributed by atoms with Crippen LogP contribution >= 0.6 is 11.3 Å². The second-order valence-corrected chi connectivity index (χ2v) is 6.41. The lowest BCUT2D eigenvalue weighted by Gasteiger charge is -2.37. The van der Waals surface area contributed by atoms with Crippen molar-refractivity contribution in [2.75, 3.05) is 38.6 Å². The fourth-order valence-corrected chi connectivity index (χ4v) is 3.49. The molecule has 1 unspecified atom stereocenters. The summed E-state index contributed by atoms with van der Waals surface area (Å²) in [6.07, 6.45) is 1.37. The Morgan fingerprint density at radius 2 is 2.12 bits per heavy atom. The second-order valence-electron chi connectivity index (χ2n) is 5.63. The monoisotopic (exact) mass is 347 g/mol. The summed E-state index contributed by atoms with van der Waals surface area (Å²) >= 11 is 1.72. The number of thiophene rings is 1. The zero-order valence-electron chi connectivity index (χ0n) is 13.8. The van der Waals surface area contributed by atoms with Crippen LogP contribution < -0.4 is 10.1 Å². The molecule has 2 aromatic rings. The van der Waals surface area contributed by atoms with Crippen molar-refractivity contribution in [1.82, 2.24) is 19.8 Å². The van der Waals surface area contributed by atoms with Crippen LogP contribution in [0.1, 0.15) is 18.5 Å². The standard InChI is InChI=1S/C16H21N5O2S/c1-12(13-3-8-24-10-13)20-4-6-21(7-5-20)16(22)19-14-9-15(23-2)18-11-17-14/h3,8-12H,4-7H2,1-2H3,(H,17,18,19,22). The van der Waals surface area contributed by atoms with Gasteiger partial charge in [-0.25, -0.2) is 14.8 Å². The Bertz CT molecular complexity index is 671. The normalized spacial score (nSPS) is 16.7. The van der Waals surface area contributed by atoms with Crippen molar-refractivity contribution < 1.29 is 9.53 Å². The van der Waals surface area contributed by atoms with Gasteiger partial charge in [0.1, 0.15) is 12.1 Å². The molecule has 1 aliphatic heterocycles. The Labute approximate surface area is 145 Å². The second kappa shape index (κ2) is 7.59. The summed E-state index contributed by atoms with van der Waals surface area (Å²) < 4.78 is 5.04. The third-order valence-electron chi connectivity index (χ3n) is 4.26. The molecular weight excluding hydrogens is 326 g/mol. The maximum atomic E-state index is 12.4. The highest BCUT2D eigenvalue weighted by Gasteiger charge is 2.25. The summed E-state index contributed by atoms with van der Waals surface area (Å²) in [5, 5.41) is 7.09. The highest BCUT2D eigenvalue weighted by molar-refractivity contribution is 7.07. The highest BCUT2D eigenvalue weighted by atomic mass is 32.1. The molecule has 0 aromatic carbocycles. The van der Waals surface area contributed by atoms with Crippen LogP contribution in [0.2, 0.25) is 0 Å². The van der Waals surface area contributed by atoms with E-state index in [-0.39, 0.29) is 6.03 Å². The number of hydrogen-bond acceptors (Lipinski definition) is 6. The lowest BCUT2D eigenvalue weighted by molar-refractivity contribution is 0.119. The number of urea groups is 1. The molecule has 0 aliphatic carbocycles. The summed E-state index contributed by atoms with van der Waals surface area (Å²) in [7, 11) is 1.53. The topological polar surface area (TPSA) is 70.6 Å². The largest absolute Gasteiger partial charge is 0.481 e. The molecule has 24 heavy (non-hydrogen) atoms. The Morgan fingerprint density at radius 1 is 1.33 bits per heavy atom. The van der Waals surface area contributed by atoms with Gasteiger partial charge in [-0.1, -0.05) is 0 Å². The Morgan fingerprint density at radius 3 is 2.79 bits per heavy atom. The van der Waals surface area contributed by atoms with Gasteiger partial charge in [-0.2, -0.15) is 11.3 Å². The van der Waals surface area contributed by atoms with Gasteiger partial charge < -0.3 is 9.64 Å². The summed E-state index contributed by atoms with van der Waals surface area (Å²) in [5.41, 5.74) is 1.34. The number of methoxy groups -OCH3 is 1. The molecule has 3 heterocycles. The Hall–Kier alpha value is -2.19. The maximum absolute atomic E-state index is 12.4. The molecule has 1 atom stereocenters. The number of ether oxygens (including phenoxy) is 1. The first-order valence-electron chi connectivity index (χ1n) is 7.85. The zero-order valence-corrected chi connectivity index (χ0v) is 14.6. The van der Waals surface area contributed by atoms with Crippen LogP contribution in [0.15, 0.2) is 29.2 Å². The maximum Gasteiger partial charge on any atom is 0.323 e. The molecule has 0 saturated carbocycles. The van der Waals surface area contributed by atoms with Crippen LogP contribution in [0, 0.1) is 0 Å². The Balaban J connectivity index is 1.53. The van der Waals surface area contributed by atoms with Gasteiger partial charge in [0.25, 0.3) is 0 Å². The van der Waals surface area contributed by atoms with E-state index in [9.17, 15) is 4.79 Å². The minimum absolute atomic E-state index is 0.140. The SMILES string of the molecule is COc1cc(NC(=O)N2CCN(C(C)c3ccsc3)CC2)ncn1. The van der Waals surface area contributed by atoms with Crippen molar-refractivity contribution in [2.45, 2.75) is 13.0 Å². The summed E-state index contributed by atoms with van der Waals surface area (Å²) in [4.78, 5) is 24.5. The highest BCUT2D eigenvalue weighted by Crippen LogP contribution is 2.23. The predicted octanol–water partition coefficient (Wildman–Crippen LogP) is 2.46. The van der Waals surface area contributed by atoms with Crippen LogP contribution in [-0.2, 0) is 0 Å². The smallest absolute Gasteiger partial charge is 0.323 e. The van der Waals surface area contributed by atoms with Crippen molar-refractivity contribution in [3.63, 3.8) is 0 Å². The van der Waals surface area contributed by atoms with E-state index in [0.717, 1.165) is 13.1 Å². The summed E-state index contributed by atoms with van der Waals surface area (Å²) in [5.74, 6) is 0.871. The average Bonchev–Trinajstić information content (AvgIpc) is 3.16. The number of carbonyl (C=O) groups excluding carboxylic acids is 1. The van der Waals surface area contributed by atoms with Crippen LogP contribution in [0.25, 0.3) is 0 Å². The van der Waals surface area contributed by atoms with Crippen molar-refractivity contribution in [1.29, 1.82) is 0 Å². The molecule has 0 bridgehead atoms. The van der Waals surface area contributed by atoms with Crippen molar-refractivity contribution >= 4 is 23.2 Å². The van der Waals surface area contributed by atoms with Crippen molar-refractivity contribution in [3.8, 4) is 5.88 Å². The van der Waals surface area contributed by atoms with E-state index < -0.39 is 0 Å². The van der Waals surface area contributed by atoms with E-state index in [0.29, 0.717) is 30.8 Å². The van der Waals surface area contributed by atoms with Gasteiger partial charge in [0.05, 0.1) is 7.11 Å². The fraction of sp³-hybridized carbons (Fsp3) is 0.438. The summed E-state index contributed by atoms with van der Waals surface area (Å²) in [6, 6.07) is 4.01.